The van der Waals surface area contributed by atoms with Crippen molar-refractivity contribution in [1.29, 1.82) is 0 Å². The molecule has 2 aliphatic heterocycles. The average Bonchev–Trinajstić information content (AvgIpc) is 2.20. The Morgan fingerprint density at radius 3 is 3.10 bits per heavy atom. The predicted molar refractivity (Wildman–Crippen MR) is 42.0 cm³/mol. The lowest BCUT2D eigenvalue weighted by molar-refractivity contribution is 0.309. The molecule has 0 spiro atoms. The molecule has 10 heavy (non-hydrogen) atoms. The summed E-state index contributed by atoms with van der Waals surface area (Å²) in [5.74, 6) is 0.914. The second-order valence-electron chi connectivity index (χ2n) is 4.18. The van der Waals surface area contributed by atoms with Crippen LogP contribution in [0.1, 0.15) is 6.92 Å². The highest BCUT2D eigenvalue weighted by atomic mass is 15.2. The average molecular weight is 140 g/mol. The summed E-state index contributed by atoms with van der Waals surface area (Å²) >= 11 is 0. The summed E-state index contributed by atoms with van der Waals surface area (Å²) in [7, 11) is 2.23. The summed E-state index contributed by atoms with van der Waals surface area (Å²) in [5.41, 5.74) is 0.592. The molecule has 0 amide bonds. The third kappa shape index (κ3) is 0.789. The van der Waals surface area contributed by atoms with Crippen LogP contribution in [0.4, 0.5) is 0 Å². The fraction of sp³-hybridized carbons (Fsp3) is 1.00. The van der Waals surface area contributed by atoms with Gasteiger partial charge >= 0.3 is 0 Å². The topological polar surface area (TPSA) is 15.3 Å². The molecule has 2 saturated heterocycles. The Bertz CT molecular complexity index is 146. The molecule has 2 heteroatoms. The van der Waals surface area contributed by atoms with Crippen molar-refractivity contribution in [2.45, 2.75) is 6.92 Å². The normalized spacial score (nSPS) is 48.0. The van der Waals surface area contributed by atoms with Crippen LogP contribution in [0.3, 0.4) is 0 Å². The molecule has 2 fully saturated rings. The Morgan fingerprint density at radius 1 is 1.60 bits per heavy atom. The molecule has 2 aliphatic rings. The maximum Gasteiger partial charge on any atom is 0.00482 e. The summed E-state index contributed by atoms with van der Waals surface area (Å²) in [4.78, 5) is 2.45. The van der Waals surface area contributed by atoms with Gasteiger partial charge < -0.3 is 10.2 Å². The lowest BCUT2D eigenvalue weighted by Gasteiger charge is -2.20. The van der Waals surface area contributed by atoms with Crippen molar-refractivity contribution in [3.8, 4) is 0 Å². The van der Waals surface area contributed by atoms with E-state index in [9.17, 15) is 0 Å². The van der Waals surface area contributed by atoms with Crippen LogP contribution in [0, 0.1) is 11.3 Å². The molecule has 0 saturated carbocycles. The zero-order chi connectivity index (χ0) is 7.19. The van der Waals surface area contributed by atoms with Gasteiger partial charge in [0.2, 0.25) is 0 Å². The molecule has 2 unspecified atom stereocenters. The lowest BCUT2D eigenvalue weighted by atomic mass is 9.83. The summed E-state index contributed by atoms with van der Waals surface area (Å²) < 4.78 is 0. The minimum absolute atomic E-state index is 0.592. The molecular formula is C8H16N2. The molecule has 0 aromatic heterocycles. The fourth-order valence-corrected chi connectivity index (χ4v) is 2.45. The van der Waals surface area contributed by atoms with Gasteiger partial charge in [-0.2, -0.15) is 0 Å². The second kappa shape index (κ2) is 1.95. The van der Waals surface area contributed by atoms with E-state index in [4.69, 9.17) is 0 Å². The number of likely N-dealkylation sites (tertiary alicyclic amines) is 1. The zero-order valence-corrected chi connectivity index (χ0v) is 6.85. The number of hydrogen-bond donors (Lipinski definition) is 1. The highest BCUT2D eigenvalue weighted by Crippen LogP contribution is 2.37. The molecule has 58 valence electrons. The minimum Gasteiger partial charge on any atom is -0.316 e. The first-order valence-electron chi connectivity index (χ1n) is 4.10. The van der Waals surface area contributed by atoms with E-state index >= 15 is 0 Å². The summed E-state index contributed by atoms with van der Waals surface area (Å²) in [6.45, 7) is 7.44. The van der Waals surface area contributed by atoms with E-state index < -0.39 is 0 Å². The maximum atomic E-state index is 3.46. The van der Waals surface area contributed by atoms with Crippen molar-refractivity contribution in [2.24, 2.45) is 11.3 Å². The summed E-state index contributed by atoms with van der Waals surface area (Å²) in [6.07, 6.45) is 0. The Balaban J connectivity index is 2.15. The van der Waals surface area contributed by atoms with Gasteiger partial charge in [-0.25, -0.2) is 0 Å². The van der Waals surface area contributed by atoms with Crippen molar-refractivity contribution in [3.05, 3.63) is 0 Å². The summed E-state index contributed by atoms with van der Waals surface area (Å²) in [5, 5.41) is 3.46. The van der Waals surface area contributed by atoms with E-state index in [0.717, 1.165) is 5.92 Å². The highest BCUT2D eigenvalue weighted by Gasteiger charge is 2.44. The molecule has 0 bridgehead atoms. The molecule has 0 aromatic carbocycles. The van der Waals surface area contributed by atoms with Crippen molar-refractivity contribution in [2.75, 3.05) is 33.2 Å². The number of nitrogens with one attached hydrogen (secondary N) is 1. The number of fused-ring (bicyclic) bond motifs is 1. The molecule has 2 heterocycles. The van der Waals surface area contributed by atoms with Gasteiger partial charge in [-0.05, 0) is 24.9 Å². The molecule has 2 nitrogen and oxygen atoms in total. The first kappa shape index (κ1) is 6.62. The molecule has 1 N–H and O–H groups in total. The van der Waals surface area contributed by atoms with E-state index in [0.29, 0.717) is 5.41 Å². The van der Waals surface area contributed by atoms with Gasteiger partial charge in [0.15, 0.2) is 0 Å². The number of rotatable bonds is 0. The van der Waals surface area contributed by atoms with E-state index in [-0.39, 0.29) is 0 Å². The second-order valence-corrected chi connectivity index (χ2v) is 4.18. The van der Waals surface area contributed by atoms with Crippen molar-refractivity contribution in [1.82, 2.24) is 10.2 Å². The van der Waals surface area contributed by atoms with Crippen LogP contribution in [-0.4, -0.2) is 38.1 Å². The minimum atomic E-state index is 0.592. The molecule has 2 atom stereocenters. The third-order valence-corrected chi connectivity index (χ3v) is 3.07. The molecule has 0 aliphatic carbocycles. The Hall–Kier alpha value is -0.0800. The molecular weight excluding hydrogens is 124 g/mol. The first-order chi connectivity index (χ1) is 4.71. The highest BCUT2D eigenvalue weighted by molar-refractivity contribution is 4.99. The molecule has 0 radical (unpaired) electrons. The maximum absolute atomic E-state index is 3.46. The monoisotopic (exact) mass is 140 g/mol. The van der Waals surface area contributed by atoms with Gasteiger partial charge in [-0.3, -0.25) is 0 Å². The van der Waals surface area contributed by atoms with E-state index in [2.05, 4.69) is 24.2 Å². The molecule has 0 aromatic rings. The zero-order valence-electron chi connectivity index (χ0n) is 6.85. The largest absolute Gasteiger partial charge is 0.316 e. The van der Waals surface area contributed by atoms with Gasteiger partial charge in [0.1, 0.15) is 0 Å². The lowest BCUT2D eigenvalue weighted by Crippen LogP contribution is -2.27. The van der Waals surface area contributed by atoms with Gasteiger partial charge in [-0.15, -0.1) is 0 Å². The van der Waals surface area contributed by atoms with Crippen LogP contribution in [0.25, 0.3) is 0 Å². The van der Waals surface area contributed by atoms with E-state index in [1.165, 1.54) is 26.2 Å². The SMILES string of the molecule is CN1CC2CNCC2(C)C1. The quantitative estimate of drug-likeness (QED) is 0.515. The van der Waals surface area contributed by atoms with Crippen molar-refractivity contribution >= 4 is 0 Å². The van der Waals surface area contributed by atoms with Gasteiger partial charge in [-0.1, -0.05) is 6.92 Å². The van der Waals surface area contributed by atoms with Crippen LogP contribution in [0.2, 0.25) is 0 Å². The predicted octanol–water partition coefficient (Wildman–Crippen LogP) is 0.157. The van der Waals surface area contributed by atoms with Crippen LogP contribution in [-0.2, 0) is 0 Å². The first-order valence-corrected chi connectivity index (χ1v) is 4.10. The Morgan fingerprint density at radius 2 is 2.40 bits per heavy atom. The van der Waals surface area contributed by atoms with Gasteiger partial charge in [0.05, 0.1) is 0 Å². The van der Waals surface area contributed by atoms with Crippen LogP contribution in [0.15, 0.2) is 0 Å². The van der Waals surface area contributed by atoms with Gasteiger partial charge in [0.25, 0.3) is 0 Å². The van der Waals surface area contributed by atoms with Crippen LogP contribution >= 0.6 is 0 Å². The van der Waals surface area contributed by atoms with Crippen molar-refractivity contribution in [3.63, 3.8) is 0 Å². The van der Waals surface area contributed by atoms with E-state index in [1.807, 2.05) is 0 Å². The smallest absolute Gasteiger partial charge is 0.00482 e. The Kier molecular flexibility index (Phi) is 1.29. The van der Waals surface area contributed by atoms with Gasteiger partial charge in [0, 0.05) is 19.6 Å². The molecule has 2 rings (SSSR count). The number of nitrogens with zero attached hydrogens (tertiary/aromatic N) is 1. The van der Waals surface area contributed by atoms with Crippen LogP contribution in [0.5, 0.6) is 0 Å². The summed E-state index contributed by atoms with van der Waals surface area (Å²) in [6, 6.07) is 0. The Labute approximate surface area is 62.6 Å². The van der Waals surface area contributed by atoms with Crippen LogP contribution < -0.4 is 5.32 Å². The number of hydrogen-bond acceptors (Lipinski definition) is 2. The fourth-order valence-electron chi connectivity index (χ4n) is 2.45. The third-order valence-electron chi connectivity index (χ3n) is 3.07. The van der Waals surface area contributed by atoms with E-state index in [1.54, 1.807) is 0 Å². The standard InChI is InChI=1S/C8H16N2/c1-8-5-9-3-7(8)4-10(2)6-8/h7,9H,3-6H2,1-2H3. The van der Waals surface area contributed by atoms with Crippen molar-refractivity contribution < 1.29 is 0 Å².